The van der Waals surface area contributed by atoms with Gasteiger partial charge in [-0.15, -0.1) is 0 Å². The number of epoxide rings is 1. The first kappa shape index (κ1) is 37.4. The molecule has 3 aliphatic carbocycles. The highest BCUT2D eigenvalue weighted by molar-refractivity contribution is 6.05. The fraction of sp³-hybridized carbons (Fsp3) is 0.561. The van der Waals surface area contributed by atoms with Crippen LogP contribution >= 0.6 is 0 Å². The zero-order valence-corrected chi connectivity index (χ0v) is 31.0. The van der Waals surface area contributed by atoms with Crippen LogP contribution in [0.3, 0.4) is 0 Å². The maximum atomic E-state index is 14.4. The van der Waals surface area contributed by atoms with Crippen LogP contribution < -0.4 is 0 Å². The first-order valence-corrected chi connectivity index (χ1v) is 18.4. The minimum absolute atomic E-state index is 0.203. The summed E-state index contributed by atoms with van der Waals surface area (Å²) in [5.41, 5.74) is -6.33. The smallest absolute Gasteiger partial charge is 0.338 e. The number of ketones is 1. The van der Waals surface area contributed by atoms with E-state index in [9.17, 15) is 24.3 Å². The summed E-state index contributed by atoms with van der Waals surface area (Å²) < 4.78 is 45.3. The molecule has 284 valence electrons. The number of benzene rings is 1. The number of Topliss-reactive ketones (excluding diaryl/α,β-unsaturated/α-hetero) is 1. The van der Waals surface area contributed by atoms with Gasteiger partial charge in [0.25, 0.3) is 0 Å². The van der Waals surface area contributed by atoms with Crippen LogP contribution in [0.15, 0.2) is 78.4 Å². The van der Waals surface area contributed by atoms with Crippen LogP contribution in [0, 0.1) is 17.8 Å². The van der Waals surface area contributed by atoms with Crippen molar-refractivity contribution in [3.63, 3.8) is 0 Å². The average Bonchev–Trinajstić information content (AvgIpc) is 3.73. The van der Waals surface area contributed by atoms with E-state index in [4.69, 9.17) is 33.2 Å². The van der Waals surface area contributed by atoms with E-state index in [1.54, 1.807) is 62.4 Å². The number of carbonyl (C=O) groups excluding carboxylic acids is 4. The van der Waals surface area contributed by atoms with Crippen molar-refractivity contribution >= 4 is 23.7 Å². The number of carbonyl (C=O) groups is 4. The molecule has 6 aliphatic rings. The van der Waals surface area contributed by atoms with Crippen molar-refractivity contribution in [1.82, 2.24) is 0 Å². The van der Waals surface area contributed by atoms with Gasteiger partial charge >= 0.3 is 23.9 Å². The number of rotatable bonds is 12. The van der Waals surface area contributed by atoms with Crippen LogP contribution in [0.2, 0.25) is 0 Å². The van der Waals surface area contributed by atoms with Crippen LogP contribution in [-0.4, -0.2) is 88.2 Å². The summed E-state index contributed by atoms with van der Waals surface area (Å²) in [7, 11) is 0. The Bertz CT molecular complexity index is 1800. The molecule has 3 saturated heterocycles. The third-order valence-corrected chi connectivity index (χ3v) is 12.0. The summed E-state index contributed by atoms with van der Waals surface area (Å²) in [5.74, 6) is -7.57. The summed E-state index contributed by atoms with van der Waals surface area (Å²) in [5, 5.41) is 13.0. The lowest BCUT2D eigenvalue weighted by molar-refractivity contribution is -0.407. The molecule has 1 N–H and O–H groups in total. The van der Waals surface area contributed by atoms with Crippen molar-refractivity contribution in [3.8, 4) is 0 Å². The number of unbranched alkanes of at least 4 members (excludes halogenated alkanes) is 3. The van der Waals surface area contributed by atoms with Gasteiger partial charge in [-0.3, -0.25) is 14.4 Å². The van der Waals surface area contributed by atoms with Crippen molar-refractivity contribution in [2.75, 3.05) is 6.61 Å². The Kier molecular flexibility index (Phi) is 9.25. The Hall–Kier alpha value is -3.94. The molecule has 12 atom stereocenters. The molecule has 0 radical (unpaired) electrons. The topological polar surface area (TPSA) is 156 Å². The summed E-state index contributed by atoms with van der Waals surface area (Å²) in [6, 6.07) is 8.51. The molecule has 53 heavy (non-hydrogen) atoms. The zero-order valence-electron chi connectivity index (χ0n) is 31.0. The predicted molar refractivity (Wildman–Crippen MR) is 188 cm³/mol. The van der Waals surface area contributed by atoms with Crippen LogP contribution in [0.25, 0.3) is 0 Å². The van der Waals surface area contributed by atoms with Crippen molar-refractivity contribution in [1.29, 1.82) is 0 Å². The van der Waals surface area contributed by atoms with E-state index < -0.39 is 101 Å². The molecule has 7 rings (SSSR count). The van der Waals surface area contributed by atoms with E-state index in [2.05, 4.69) is 13.5 Å². The van der Waals surface area contributed by atoms with Gasteiger partial charge < -0.3 is 38.3 Å². The van der Waals surface area contributed by atoms with Gasteiger partial charge in [-0.25, -0.2) is 4.79 Å². The Morgan fingerprint density at radius 1 is 0.981 bits per heavy atom. The average molecular weight is 733 g/mol. The van der Waals surface area contributed by atoms with Gasteiger partial charge in [-0.2, -0.15) is 0 Å². The fourth-order valence-electron chi connectivity index (χ4n) is 9.77. The van der Waals surface area contributed by atoms with Gasteiger partial charge in [-0.1, -0.05) is 75.8 Å². The number of hydrogen-bond acceptors (Lipinski definition) is 12. The van der Waals surface area contributed by atoms with Crippen LogP contribution in [-0.2, 0) is 47.5 Å². The highest BCUT2D eigenvalue weighted by atomic mass is 16.9. The second-order valence-electron chi connectivity index (χ2n) is 15.3. The lowest BCUT2D eigenvalue weighted by atomic mass is 9.53. The monoisotopic (exact) mass is 732 g/mol. The summed E-state index contributed by atoms with van der Waals surface area (Å²) in [6.45, 7) is 13.6. The first-order chi connectivity index (χ1) is 25.1. The van der Waals surface area contributed by atoms with E-state index >= 15 is 0 Å². The lowest BCUT2D eigenvalue weighted by Crippen LogP contribution is -2.76. The van der Waals surface area contributed by atoms with Gasteiger partial charge in [0.1, 0.15) is 24.9 Å². The van der Waals surface area contributed by atoms with Crippen LogP contribution in [0.5, 0.6) is 0 Å². The second-order valence-corrected chi connectivity index (χ2v) is 15.3. The molecule has 12 nitrogen and oxygen atoms in total. The van der Waals surface area contributed by atoms with Crippen LogP contribution in [0.4, 0.5) is 0 Å². The van der Waals surface area contributed by atoms with Crippen molar-refractivity contribution < 1.29 is 57.4 Å². The third-order valence-electron chi connectivity index (χ3n) is 12.0. The Morgan fingerprint density at radius 3 is 2.38 bits per heavy atom. The quantitative estimate of drug-likeness (QED) is 0.0780. The number of fused-ring (bicyclic) bond motifs is 3. The molecule has 7 unspecified atom stereocenters. The molecule has 2 saturated carbocycles. The minimum Gasteiger partial charge on any atom is -0.463 e. The molecule has 3 heterocycles. The van der Waals surface area contributed by atoms with Gasteiger partial charge in [-0.05, 0) is 50.0 Å². The molecule has 3 aliphatic heterocycles. The second kappa shape index (κ2) is 13.1. The van der Waals surface area contributed by atoms with Crippen molar-refractivity contribution in [2.45, 2.75) is 120 Å². The van der Waals surface area contributed by atoms with Gasteiger partial charge in [0.2, 0.25) is 0 Å². The number of hydrogen-bond donors (Lipinski definition) is 1. The standard InChI is InChI=1S/C41H48O12/c1-8-9-10-11-12-13-17-20-38-51-34-30-33-37(50-33,22-47-26(6)42)36(48-27(7)43)39(46)29(21-24(4)31(39)44)41(30,53-38)25(5)32(40(34,52-38)23(2)3)49-35(45)28-18-15-14-16-19-28/h12-21,25,29-30,32-34,36,46H,2,8-11,22H2,1,3-7H3/b13-12-,20-17+/t25-,29?,30?,32-,33?,34?,36-,37+,38?,39-,40?,41?/m1/s1. The van der Waals surface area contributed by atoms with E-state index in [0.29, 0.717) is 11.1 Å². The SMILES string of the molecule is C=C(C)C12OC3(/C=C/C=C\CCCCC)OC1C1C4O[C@]4(COC(C)=O)[C@@H](OC(C)=O)[C@]4(O)C(=O)C(C)=CC4C1(O3)[C@H](C)[C@H]2OC(=O)c1ccccc1. The maximum absolute atomic E-state index is 14.4. The molecule has 12 heteroatoms. The molecule has 0 amide bonds. The summed E-state index contributed by atoms with van der Waals surface area (Å²) in [6.07, 6.45) is 8.32. The summed E-state index contributed by atoms with van der Waals surface area (Å²) in [4.78, 5) is 53.4. The predicted octanol–water partition coefficient (Wildman–Crippen LogP) is 4.85. The van der Waals surface area contributed by atoms with E-state index in [1.165, 1.54) is 13.8 Å². The molecular formula is C41H48O12. The first-order valence-electron chi connectivity index (χ1n) is 18.4. The maximum Gasteiger partial charge on any atom is 0.338 e. The summed E-state index contributed by atoms with van der Waals surface area (Å²) >= 11 is 0. The van der Waals surface area contributed by atoms with E-state index in [1.807, 2.05) is 19.1 Å². The number of allylic oxidation sites excluding steroid dienone is 3. The highest BCUT2D eigenvalue weighted by Crippen LogP contribution is 2.73. The normalized spacial score (nSPS) is 41.7. The highest BCUT2D eigenvalue weighted by Gasteiger charge is 2.91. The van der Waals surface area contributed by atoms with Gasteiger partial charge in [0.05, 0.1) is 11.2 Å². The Morgan fingerprint density at radius 2 is 1.72 bits per heavy atom. The lowest BCUT2D eigenvalue weighted by Gasteiger charge is -2.61. The third kappa shape index (κ3) is 5.35. The molecular weight excluding hydrogens is 684 g/mol. The van der Waals surface area contributed by atoms with Gasteiger partial charge in [0, 0.05) is 37.7 Å². The Labute approximate surface area is 309 Å². The largest absolute Gasteiger partial charge is 0.463 e. The number of aliphatic hydroxyl groups is 1. The van der Waals surface area contributed by atoms with Crippen molar-refractivity contribution in [2.24, 2.45) is 17.8 Å². The van der Waals surface area contributed by atoms with E-state index in [-0.39, 0.29) is 5.57 Å². The zero-order chi connectivity index (χ0) is 38.1. The van der Waals surface area contributed by atoms with Gasteiger partial charge in [0.15, 0.2) is 28.7 Å². The molecule has 0 spiro atoms. The van der Waals surface area contributed by atoms with Crippen molar-refractivity contribution in [3.05, 3.63) is 84.0 Å². The minimum atomic E-state index is -2.47. The molecule has 3 bridgehead atoms. The van der Waals surface area contributed by atoms with Crippen LogP contribution in [0.1, 0.15) is 77.6 Å². The molecule has 0 aromatic heterocycles. The number of ether oxygens (including phenoxy) is 7. The Balaban J connectivity index is 1.44. The molecule has 1 aromatic carbocycles. The number of esters is 3. The molecule has 5 fully saturated rings. The fourth-order valence-corrected chi connectivity index (χ4v) is 9.77. The van der Waals surface area contributed by atoms with E-state index in [0.717, 1.165) is 25.7 Å². The molecule has 1 aromatic rings.